The first kappa shape index (κ1) is 11.1. The minimum absolute atomic E-state index is 0.597. The standard InChI is InChI=1S/C14H20N2O/c1-16-7-3-5-12(16)10-17-14-6-2-4-11-8-15-9-13(11)14/h2,4,6,12,15H,3,5,7-10H2,1H3. The Balaban J connectivity index is 1.67. The van der Waals surface area contributed by atoms with Crippen LogP contribution in [0.15, 0.2) is 18.2 Å². The van der Waals surface area contributed by atoms with Gasteiger partial charge in [-0.3, -0.25) is 0 Å². The van der Waals surface area contributed by atoms with Crippen LogP contribution in [0.25, 0.3) is 0 Å². The van der Waals surface area contributed by atoms with Gasteiger partial charge in [-0.2, -0.15) is 0 Å². The third-order valence-corrected chi connectivity index (χ3v) is 3.95. The van der Waals surface area contributed by atoms with E-state index in [1.54, 1.807) is 0 Å². The molecule has 3 heteroatoms. The van der Waals surface area contributed by atoms with E-state index in [-0.39, 0.29) is 0 Å². The molecule has 0 amide bonds. The molecule has 0 spiro atoms. The van der Waals surface area contributed by atoms with Crippen LogP contribution in [0.2, 0.25) is 0 Å². The highest BCUT2D eigenvalue weighted by atomic mass is 16.5. The molecule has 1 unspecified atom stereocenters. The Morgan fingerprint density at radius 1 is 1.41 bits per heavy atom. The van der Waals surface area contributed by atoms with E-state index in [0.717, 1.165) is 25.4 Å². The summed E-state index contributed by atoms with van der Waals surface area (Å²) in [6, 6.07) is 6.98. The van der Waals surface area contributed by atoms with E-state index in [9.17, 15) is 0 Å². The number of likely N-dealkylation sites (N-methyl/N-ethyl adjacent to an activating group) is 1. The normalized spacial score (nSPS) is 23.9. The van der Waals surface area contributed by atoms with Gasteiger partial charge in [0, 0.05) is 24.7 Å². The quantitative estimate of drug-likeness (QED) is 0.859. The molecular weight excluding hydrogens is 212 g/mol. The van der Waals surface area contributed by atoms with Crippen molar-refractivity contribution >= 4 is 0 Å². The maximum Gasteiger partial charge on any atom is 0.124 e. The van der Waals surface area contributed by atoms with Gasteiger partial charge in [0.05, 0.1) is 0 Å². The van der Waals surface area contributed by atoms with E-state index in [1.165, 1.54) is 30.5 Å². The molecule has 1 N–H and O–H groups in total. The van der Waals surface area contributed by atoms with E-state index >= 15 is 0 Å². The number of hydrogen-bond donors (Lipinski definition) is 1. The zero-order chi connectivity index (χ0) is 11.7. The van der Waals surface area contributed by atoms with Crippen molar-refractivity contribution < 1.29 is 4.74 Å². The van der Waals surface area contributed by atoms with Crippen LogP contribution < -0.4 is 10.1 Å². The third-order valence-electron chi connectivity index (χ3n) is 3.95. The predicted molar refractivity (Wildman–Crippen MR) is 68.1 cm³/mol. The number of nitrogens with zero attached hydrogens (tertiary/aromatic N) is 1. The van der Waals surface area contributed by atoms with Crippen LogP contribution in [0.1, 0.15) is 24.0 Å². The van der Waals surface area contributed by atoms with Crippen LogP contribution in [-0.4, -0.2) is 31.1 Å². The molecule has 1 fully saturated rings. The van der Waals surface area contributed by atoms with Crippen molar-refractivity contribution in [3.05, 3.63) is 29.3 Å². The molecule has 0 aromatic heterocycles. The smallest absolute Gasteiger partial charge is 0.124 e. The summed E-state index contributed by atoms with van der Waals surface area (Å²) in [5.41, 5.74) is 2.75. The lowest BCUT2D eigenvalue weighted by atomic mass is 10.1. The van der Waals surface area contributed by atoms with Crippen molar-refractivity contribution in [1.29, 1.82) is 0 Å². The van der Waals surface area contributed by atoms with Gasteiger partial charge in [0.2, 0.25) is 0 Å². The van der Waals surface area contributed by atoms with Crippen LogP contribution in [0.3, 0.4) is 0 Å². The Bertz CT molecular complexity index is 405. The Morgan fingerprint density at radius 3 is 3.18 bits per heavy atom. The molecule has 0 radical (unpaired) electrons. The molecule has 0 bridgehead atoms. The fourth-order valence-electron chi connectivity index (χ4n) is 2.81. The van der Waals surface area contributed by atoms with Crippen LogP contribution in [0.5, 0.6) is 5.75 Å². The number of fused-ring (bicyclic) bond motifs is 1. The summed E-state index contributed by atoms with van der Waals surface area (Å²) in [5.74, 6) is 1.08. The molecule has 1 aromatic carbocycles. The zero-order valence-corrected chi connectivity index (χ0v) is 10.4. The Morgan fingerprint density at radius 2 is 2.35 bits per heavy atom. The van der Waals surface area contributed by atoms with Crippen molar-refractivity contribution in [2.24, 2.45) is 0 Å². The molecule has 0 aliphatic carbocycles. The molecule has 2 heterocycles. The number of nitrogens with one attached hydrogen (secondary N) is 1. The highest BCUT2D eigenvalue weighted by molar-refractivity contribution is 5.42. The predicted octanol–water partition coefficient (Wildman–Crippen LogP) is 1.76. The molecule has 1 aromatic rings. The van der Waals surface area contributed by atoms with Gasteiger partial charge < -0.3 is 15.0 Å². The highest BCUT2D eigenvalue weighted by Crippen LogP contribution is 2.27. The molecular formula is C14H20N2O. The van der Waals surface area contributed by atoms with Gasteiger partial charge in [-0.05, 0) is 38.1 Å². The first-order valence-corrected chi connectivity index (χ1v) is 6.49. The minimum atomic E-state index is 0.597. The van der Waals surface area contributed by atoms with Gasteiger partial charge >= 0.3 is 0 Å². The Labute approximate surface area is 103 Å². The van der Waals surface area contributed by atoms with E-state index in [0.29, 0.717) is 6.04 Å². The number of ether oxygens (including phenoxy) is 1. The maximum absolute atomic E-state index is 6.02. The average Bonchev–Trinajstić information content (AvgIpc) is 2.95. The minimum Gasteiger partial charge on any atom is -0.492 e. The van der Waals surface area contributed by atoms with Crippen LogP contribution in [-0.2, 0) is 13.1 Å². The fraction of sp³-hybridized carbons (Fsp3) is 0.571. The summed E-state index contributed by atoms with van der Waals surface area (Å²) < 4.78 is 6.02. The largest absolute Gasteiger partial charge is 0.492 e. The van der Waals surface area contributed by atoms with Crippen molar-refractivity contribution in [3.8, 4) is 5.75 Å². The molecule has 0 saturated carbocycles. The second kappa shape index (κ2) is 4.67. The van der Waals surface area contributed by atoms with Gasteiger partial charge in [-0.25, -0.2) is 0 Å². The number of rotatable bonds is 3. The lowest BCUT2D eigenvalue weighted by Gasteiger charge is -2.20. The molecule has 3 nitrogen and oxygen atoms in total. The van der Waals surface area contributed by atoms with Gasteiger partial charge in [-0.15, -0.1) is 0 Å². The summed E-state index contributed by atoms with van der Waals surface area (Å²) in [6.45, 7) is 3.97. The molecule has 2 aliphatic rings. The summed E-state index contributed by atoms with van der Waals surface area (Å²) in [7, 11) is 2.19. The zero-order valence-electron chi connectivity index (χ0n) is 10.4. The number of likely N-dealkylation sites (tertiary alicyclic amines) is 1. The van der Waals surface area contributed by atoms with Crippen LogP contribution in [0, 0.1) is 0 Å². The lowest BCUT2D eigenvalue weighted by molar-refractivity contribution is 0.197. The summed E-state index contributed by atoms with van der Waals surface area (Å²) in [5, 5.41) is 3.37. The second-order valence-electron chi connectivity index (χ2n) is 5.09. The van der Waals surface area contributed by atoms with Crippen molar-refractivity contribution in [3.63, 3.8) is 0 Å². The molecule has 17 heavy (non-hydrogen) atoms. The van der Waals surface area contributed by atoms with E-state index in [4.69, 9.17) is 4.74 Å². The van der Waals surface area contributed by atoms with Crippen LogP contribution in [0.4, 0.5) is 0 Å². The first-order chi connectivity index (χ1) is 8.34. The average molecular weight is 232 g/mol. The van der Waals surface area contributed by atoms with Gasteiger partial charge in [-0.1, -0.05) is 12.1 Å². The Kier molecular flexibility index (Phi) is 3.04. The summed E-state index contributed by atoms with van der Waals surface area (Å²) >= 11 is 0. The molecule has 2 aliphatic heterocycles. The third kappa shape index (κ3) is 2.17. The van der Waals surface area contributed by atoms with E-state index in [2.05, 4.69) is 35.5 Å². The Hall–Kier alpha value is -1.06. The van der Waals surface area contributed by atoms with Gasteiger partial charge in [0.15, 0.2) is 0 Å². The summed E-state index contributed by atoms with van der Waals surface area (Å²) in [6.07, 6.45) is 2.57. The van der Waals surface area contributed by atoms with Gasteiger partial charge in [0.1, 0.15) is 12.4 Å². The lowest BCUT2D eigenvalue weighted by Crippen LogP contribution is -2.30. The van der Waals surface area contributed by atoms with Crippen molar-refractivity contribution in [2.45, 2.75) is 32.0 Å². The number of hydrogen-bond acceptors (Lipinski definition) is 3. The topological polar surface area (TPSA) is 24.5 Å². The monoisotopic (exact) mass is 232 g/mol. The number of benzene rings is 1. The first-order valence-electron chi connectivity index (χ1n) is 6.49. The molecule has 1 saturated heterocycles. The fourth-order valence-corrected chi connectivity index (χ4v) is 2.81. The molecule has 3 rings (SSSR count). The van der Waals surface area contributed by atoms with E-state index in [1.807, 2.05) is 0 Å². The van der Waals surface area contributed by atoms with E-state index < -0.39 is 0 Å². The van der Waals surface area contributed by atoms with Crippen LogP contribution >= 0.6 is 0 Å². The summed E-state index contributed by atoms with van der Waals surface area (Å²) in [4.78, 5) is 2.40. The SMILES string of the molecule is CN1CCCC1COc1cccc2c1CNC2. The van der Waals surface area contributed by atoms with Crippen molar-refractivity contribution in [2.75, 3.05) is 20.2 Å². The van der Waals surface area contributed by atoms with Crippen molar-refractivity contribution in [1.82, 2.24) is 10.2 Å². The second-order valence-corrected chi connectivity index (χ2v) is 5.09. The van der Waals surface area contributed by atoms with Gasteiger partial charge in [0.25, 0.3) is 0 Å². The maximum atomic E-state index is 6.02. The highest BCUT2D eigenvalue weighted by Gasteiger charge is 2.22. The molecule has 92 valence electrons. The molecule has 1 atom stereocenters.